The van der Waals surface area contributed by atoms with E-state index in [1.807, 2.05) is 0 Å². The van der Waals surface area contributed by atoms with E-state index in [4.69, 9.17) is 0 Å². The van der Waals surface area contributed by atoms with Gasteiger partial charge in [0.25, 0.3) is 0 Å². The van der Waals surface area contributed by atoms with Gasteiger partial charge in [-0.2, -0.15) is 0 Å². The standard InChI is InChI=1S/C11H17N.ClH/c1-3-7-10(2)12-11-8-5-4-6-9-11;/h4-6,8-10,12H,3,7H2,1-2H3;1H. The Labute approximate surface area is 87.0 Å². The minimum Gasteiger partial charge on any atom is -1.00 e. The molecular formula is C11H18ClN. The molecular weight excluding hydrogens is 182 g/mol. The SMILES string of the molecule is CCCC(C)[NH2+]c1ccccc1.[Cl-]. The van der Waals surface area contributed by atoms with E-state index in [1.54, 1.807) is 0 Å². The van der Waals surface area contributed by atoms with Gasteiger partial charge in [-0.25, -0.2) is 0 Å². The number of halogens is 1. The first-order valence-corrected chi connectivity index (χ1v) is 4.73. The van der Waals surface area contributed by atoms with E-state index in [0.717, 1.165) is 0 Å². The second-order valence-corrected chi connectivity index (χ2v) is 3.34. The zero-order valence-electron chi connectivity index (χ0n) is 8.33. The first kappa shape index (κ1) is 12.5. The van der Waals surface area contributed by atoms with Crippen molar-refractivity contribution in [1.82, 2.24) is 0 Å². The Bertz CT molecular complexity index is 211. The van der Waals surface area contributed by atoms with Crippen molar-refractivity contribution in [2.75, 3.05) is 0 Å². The van der Waals surface area contributed by atoms with Crippen LogP contribution in [-0.4, -0.2) is 6.04 Å². The van der Waals surface area contributed by atoms with E-state index < -0.39 is 0 Å². The van der Waals surface area contributed by atoms with Gasteiger partial charge >= 0.3 is 0 Å². The van der Waals surface area contributed by atoms with E-state index >= 15 is 0 Å². The van der Waals surface area contributed by atoms with Crippen LogP contribution < -0.4 is 17.7 Å². The van der Waals surface area contributed by atoms with Crippen LogP contribution in [0.25, 0.3) is 0 Å². The van der Waals surface area contributed by atoms with E-state index in [0.29, 0.717) is 6.04 Å². The molecule has 0 fully saturated rings. The molecule has 1 rings (SSSR count). The minimum atomic E-state index is 0. The summed E-state index contributed by atoms with van der Waals surface area (Å²) >= 11 is 0. The summed E-state index contributed by atoms with van der Waals surface area (Å²) in [6.45, 7) is 4.51. The van der Waals surface area contributed by atoms with E-state index in [9.17, 15) is 0 Å². The summed E-state index contributed by atoms with van der Waals surface area (Å²) in [5.41, 5.74) is 1.35. The predicted molar refractivity (Wildman–Crippen MR) is 52.4 cm³/mol. The van der Waals surface area contributed by atoms with Crippen molar-refractivity contribution in [3.63, 3.8) is 0 Å². The molecule has 0 aliphatic rings. The summed E-state index contributed by atoms with van der Waals surface area (Å²) in [6, 6.07) is 11.3. The predicted octanol–water partition coefficient (Wildman–Crippen LogP) is -0.926. The third kappa shape index (κ3) is 4.91. The van der Waals surface area contributed by atoms with Gasteiger partial charge in [-0.1, -0.05) is 31.5 Å². The Morgan fingerprint density at radius 3 is 2.38 bits per heavy atom. The highest BCUT2D eigenvalue weighted by molar-refractivity contribution is 5.26. The van der Waals surface area contributed by atoms with Crippen LogP contribution in [0.15, 0.2) is 30.3 Å². The zero-order valence-corrected chi connectivity index (χ0v) is 9.09. The molecule has 0 aliphatic heterocycles. The Kier molecular flexibility index (Phi) is 6.65. The van der Waals surface area contributed by atoms with Gasteiger partial charge in [0.1, 0.15) is 5.69 Å². The topological polar surface area (TPSA) is 16.6 Å². The summed E-state index contributed by atoms with van der Waals surface area (Å²) in [5, 5.41) is 2.34. The van der Waals surface area contributed by atoms with Gasteiger partial charge in [0.15, 0.2) is 0 Å². The Balaban J connectivity index is 0.00000144. The smallest absolute Gasteiger partial charge is 0.129 e. The molecule has 1 aromatic carbocycles. The van der Waals surface area contributed by atoms with E-state index in [2.05, 4.69) is 49.5 Å². The van der Waals surface area contributed by atoms with Crippen molar-refractivity contribution in [2.45, 2.75) is 32.7 Å². The molecule has 0 saturated heterocycles. The summed E-state index contributed by atoms with van der Waals surface area (Å²) in [7, 11) is 0. The van der Waals surface area contributed by atoms with Crippen LogP contribution in [0.1, 0.15) is 26.7 Å². The first-order valence-electron chi connectivity index (χ1n) is 4.73. The maximum atomic E-state index is 2.34. The van der Waals surface area contributed by atoms with Crippen molar-refractivity contribution >= 4 is 5.69 Å². The maximum Gasteiger partial charge on any atom is 0.129 e. The molecule has 0 bridgehead atoms. The molecule has 0 radical (unpaired) electrons. The Morgan fingerprint density at radius 2 is 1.85 bits per heavy atom. The lowest BCUT2D eigenvalue weighted by Crippen LogP contribution is -3.00. The number of hydrogen-bond acceptors (Lipinski definition) is 0. The van der Waals surface area contributed by atoms with Gasteiger partial charge in [0.05, 0.1) is 6.04 Å². The van der Waals surface area contributed by atoms with Crippen LogP contribution in [0, 0.1) is 0 Å². The number of para-hydroxylation sites is 1. The van der Waals surface area contributed by atoms with Crippen LogP contribution in [0.3, 0.4) is 0 Å². The fourth-order valence-corrected chi connectivity index (χ4v) is 1.43. The summed E-state index contributed by atoms with van der Waals surface area (Å²) in [5.74, 6) is 0. The molecule has 1 nitrogen and oxygen atoms in total. The number of benzene rings is 1. The number of hydrogen-bond donors (Lipinski definition) is 1. The molecule has 2 heteroatoms. The highest BCUT2D eigenvalue weighted by Crippen LogP contribution is 1.98. The van der Waals surface area contributed by atoms with Crippen LogP contribution in [0.2, 0.25) is 0 Å². The molecule has 1 unspecified atom stereocenters. The third-order valence-electron chi connectivity index (χ3n) is 2.02. The van der Waals surface area contributed by atoms with Gasteiger partial charge in [0, 0.05) is 0 Å². The van der Waals surface area contributed by atoms with Crippen molar-refractivity contribution < 1.29 is 17.7 Å². The Morgan fingerprint density at radius 1 is 1.23 bits per heavy atom. The van der Waals surface area contributed by atoms with Gasteiger partial charge in [0.2, 0.25) is 0 Å². The van der Waals surface area contributed by atoms with Crippen molar-refractivity contribution in [3.05, 3.63) is 30.3 Å². The highest BCUT2D eigenvalue weighted by Gasteiger charge is 2.03. The fraction of sp³-hybridized carbons (Fsp3) is 0.455. The summed E-state index contributed by atoms with van der Waals surface area (Å²) in [6.07, 6.45) is 2.55. The fourth-order valence-electron chi connectivity index (χ4n) is 1.43. The van der Waals surface area contributed by atoms with E-state index in [1.165, 1.54) is 18.5 Å². The number of quaternary nitrogens is 1. The normalized spacial score (nSPS) is 11.8. The van der Waals surface area contributed by atoms with Crippen LogP contribution in [-0.2, 0) is 0 Å². The molecule has 13 heavy (non-hydrogen) atoms. The van der Waals surface area contributed by atoms with Crippen molar-refractivity contribution in [1.29, 1.82) is 0 Å². The Hall–Kier alpha value is -0.530. The second kappa shape index (κ2) is 6.93. The molecule has 74 valence electrons. The second-order valence-electron chi connectivity index (χ2n) is 3.34. The molecule has 0 amide bonds. The minimum absolute atomic E-state index is 0. The monoisotopic (exact) mass is 199 g/mol. The molecule has 0 heterocycles. The largest absolute Gasteiger partial charge is 1.00 e. The molecule has 0 saturated carbocycles. The molecule has 1 aromatic rings. The molecule has 1 atom stereocenters. The van der Waals surface area contributed by atoms with Gasteiger partial charge in [-0.3, -0.25) is 0 Å². The molecule has 2 N–H and O–H groups in total. The lowest BCUT2D eigenvalue weighted by atomic mass is 10.2. The number of rotatable bonds is 4. The molecule has 0 aliphatic carbocycles. The molecule has 0 aromatic heterocycles. The number of nitrogens with two attached hydrogens (primary N) is 1. The maximum absolute atomic E-state index is 2.34. The van der Waals surface area contributed by atoms with Crippen LogP contribution in [0.5, 0.6) is 0 Å². The van der Waals surface area contributed by atoms with Crippen molar-refractivity contribution in [3.8, 4) is 0 Å². The zero-order chi connectivity index (χ0) is 8.81. The lowest BCUT2D eigenvalue weighted by Gasteiger charge is -2.07. The average Bonchev–Trinajstić information content (AvgIpc) is 2.06. The third-order valence-corrected chi connectivity index (χ3v) is 2.02. The van der Waals surface area contributed by atoms with Gasteiger partial charge < -0.3 is 17.7 Å². The summed E-state index contributed by atoms with van der Waals surface area (Å²) < 4.78 is 0. The van der Waals surface area contributed by atoms with Crippen LogP contribution >= 0.6 is 0 Å². The highest BCUT2D eigenvalue weighted by atomic mass is 35.5. The lowest BCUT2D eigenvalue weighted by molar-refractivity contribution is -0.608. The average molecular weight is 200 g/mol. The van der Waals surface area contributed by atoms with Crippen LogP contribution in [0.4, 0.5) is 5.69 Å². The molecule has 0 spiro atoms. The van der Waals surface area contributed by atoms with Gasteiger partial charge in [-0.05, 0) is 25.5 Å². The van der Waals surface area contributed by atoms with Crippen molar-refractivity contribution in [2.24, 2.45) is 0 Å². The quantitative estimate of drug-likeness (QED) is 0.604. The first-order chi connectivity index (χ1) is 5.83. The van der Waals surface area contributed by atoms with Gasteiger partial charge in [-0.15, -0.1) is 0 Å². The van der Waals surface area contributed by atoms with E-state index in [-0.39, 0.29) is 12.4 Å². The summed E-state index contributed by atoms with van der Waals surface area (Å²) in [4.78, 5) is 0.